The molecule has 2 rings (SSSR count). The van der Waals surface area contributed by atoms with E-state index in [4.69, 9.17) is 10.2 Å². The number of carboxylic acid groups (broad SMARTS) is 2. The predicted octanol–water partition coefficient (Wildman–Crippen LogP) is 3.92. The third-order valence-electron chi connectivity index (χ3n) is 3.63. The third kappa shape index (κ3) is 8.82. The fraction of sp³-hybridized carbons (Fsp3) is 0.625. The fourth-order valence-electron chi connectivity index (χ4n) is 2.42. The summed E-state index contributed by atoms with van der Waals surface area (Å²) in [4.78, 5) is 20.9. The summed E-state index contributed by atoms with van der Waals surface area (Å²) >= 11 is 0. The molecule has 0 heterocycles. The fourth-order valence-corrected chi connectivity index (χ4v) is 2.42. The average Bonchev–Trinajstić information content (AvgIpc) is 2.84. The van der Waals surface area contributed by atoms with E-state index in [9.17, 15) is 9.59 Å². The maximum absolute atomic E-state index is 10.4. The molecule has 0 saturated carbocycles. The van der Waals surface area contributed by atoms with Crippen LogP contribution in [-0.4, -0.2) is 22.2 Å². The van der Waals surface area contributed by atoms with Crippen LogP contribution >= 0.6 is 0 Å². The van der Waals surface area contributed by atoms with Gasteiger partial charge in [-0.05, 0) is 51.4 Å². The van der Waals surface area contributed by atoms with Crippen molar-refractivity contribution in [1.82, 2.24) is 0 Å². The molecule has 0 atom stereocenters. The van der Waals surface area contributed by atoms with Gasteiger partial charge in [0.15, 0.2) is 0 Å². The Morgan fingerprint density at radius 1 is 0.714 bits per heavy atom. The number of carboxylic acids is 2. The van der Waals surface area contributed by atoms with Crippen LogP contribution in [0.25, 0.3) is 0 Å². The summed E-state index contributed by atoms with van der Waals surface area (Å²) in [5, 5.41) is 17.2. The number of carbonyl (C=O) groups is 2. The van der Waals surface area contributed by atoms with E-state index in [0.717, 1.165) is 51.4 Å². The summed E-state index contributed by atoms with van der Waals surface area (Å²) in [5.41, 5.74) is 1.22. The van der Waals surface area contributed by atoms with Gasteiger partial charge < -0.3 is 10.2 Å². The van der Waals surface area contributed by atoms with Gasteiger partial charge in [-0.1, -0.05) is 25.0 Å². The first kappa shape index (κ1) is 20.0. The van der Waals surface area contributed by atoms with Crippen molar-refractivity contribution >= 4 is 11.9 Å². The molecule has 0 saturated heterocycles. The quantitative estimate of drug-likeness (QED) is 0.744. The summed E-state index contributed by atoms with van der Waals surface area (Å²) in [6.45, 7) is 0. The van der Waals surface area contributed by atoms with Crippen LogP contribution in [0, 0.1) is 0 Å². The van der Waals surface area contributed by atoms with Crippen LogP contribution in [0.4, 0.5) is 0 Å². The van der Waals surface area contributed by atoms with Gasteiger partial charge in [0.1, 0.15) is 0 Å². The molecule has 0 bridgehead atoms. The van der Waals surface area contributed by atoms with Crippen LogP contribution in [0.15, 0.2) is 23.3 Å². The van der Waals surface area contributed by atoms with Crippen molar-refractivity contribution in [2.45, 2.75) is 64.2 Å². The van der Waals surface area contributed by atoms with Gasteiger partial charge in [-0.25, -0.2) is 9.59 Å². The number of rotatable bonds is 2. The smallest absolute Gasteiger partial charge is 0.331 e. The summed E-state index contributed by atoms with van der Waals surface area (Å²) < 4.78 is 0. The third-order valence-corrected chi connectivity index (χ3v) is 3.63. The second kappa shape index (κ2) is 11.7. The maximum Gasteiger partial charge on any atom is 0.331 e. The molecule has 4 nitrogen and oxygen atoms in total. The van der Waals surface area contributed by atoms with Gasteiger partial charge in [-0.3, -0.25) is 0 Å². The molecular weight excluding hydrogens is 322 g/mol. The van der Waals surface area contributed by atoms with Crippen molar-refractivity contribution in [1.29, 1.82) is 0 Å². The van der Waals surface area contributed by atoms with Crippen LogP contribution in [0.2, 0.25) is 0 Å². The van der Waals surface area contributed by atoms with Gasteiger partial charge >= 0.3 is 11.9 Å². The normalized spacial score (nSPS) is 18.5. The molecule has 2 aliphatic rings. The minimum absolute atomic E-state index is 0. The molecule has 5 heteroatoms. The Bertz CT molecular complexity index is 361. The van der Waals surface area contributed by atoms with Crippen LogP contribution in [0.5, 0.6) is 0 Å². The Balaban J connectivity index is 0.000000364. The van der Waals surface area contributed by atoms with Crippen LogP contribution < -0.4 is 0 Å². The first-order chi connectivity index (χ1) is 9.61. The standard InChI is InChI=1S/2C8H12O2.Zn/c2*9-8(10)7-5-3-1-2-4-6-7;/h2*5H,1-4,6H2,(H,9,10);. The molecule has 21 heavy (non-hydrogen) atoms. The zero-order valence-corrected chi connectivity index (χ0v) is 15.6. The molecule has 2 N–H and O–H groups in total. The Morgan fingerprint density at radius 3 is 1.43 bits per heavy atom. The number of aliphatic carboxylic acids is 2. The monoisotopic (exact) mass is 344 g/mol. The molecule has 0 aromatic rings. The van der Waals surface area contributed by atoms with E-state index in [1.165, 1.54) is 12.8 Å². The minimum Gasteiger partial charge on any atom is -0.478 e. The molecule has 0 spiro atoms. The Hall–Kier alpha value is -0.957. The van der Waals surface area contributed by atoms with Crippen molar-refractivity contribution in [2.75, 3.05) is 0 Å². The first-order valence-electron chi connectivity index (χ1n) is 7.46. The Labute approximate surface area is 139 Å². The van der Waals surface area contributed by atoms with Gasteiger partial charge in [-0.2, -0.15) is 0 Å². The first-order valence-corrected chi connectivity index (χ1v) is 7.46. The van der Waals surface area contributed by atoms with E-state index in [0.29, 0.717) is 11.1 Å². The Morgan fingerprint density at radius 2 is 1.10 bits per heavy atom. The van der Waals surface area contributed by atoms with Gasteiger partial charge in [0.05, 0.1) is 0 Å². The van der Waals surface area contributed by atoms with E-state index in [1.54, 1.807) is 0 Å². The van der Waals surface area contributed by atoms with E-state index >= 15 is 0 Å². The molecule has 0 aliphatic heterocycles. The van der Waals surface area contributed by atoms with E-state index in [1.807, 2.05) is 12.2 Å². The largest absolute Gasteiger partial charge is 0.478 e. The SMILES string of the molecule is O=C(O)C1=CCCCCC1.O=C(O)C1=CCCCCC1.[Zn]. The van der Waals surface area contributed by atoms with E-state index < -0.39 is 11.9 Å². The Kier molecular flexibility index (Phi) is 11.1. The van der Waals surface area contributed by atoms with Crippen molar-refractivity contribution in [3.05, 3.63) is 23.3 Å². The molecule has 0 fully saturated rings. The summed E-state index contributed by atoms with van der Waals surface area (Å²) in [6.07, 6.45) is 13.9. The van der Waals surface area contributed by atoms with Gasteiger partial charge in [0.2, 0.25) is 0 Å². The summed E-state index contributed by atoms with van der Waals surface area (Å²) in [7, 11) is 0. The van der Waals surface area contributed by atoms with Crippen LogP contribution in [0.3, 0.4) is 0 Å². The summed E-state index contributed by atoms with van der Waals surface area (Å²) in [5.74, 6) is -1.47. The second-order valence-electron chi connectivity index (χ2n) is 5.27. The molecule has 114 valence electrons. The van der Waals surface area contributed by atoms with Gasteiger partial charge in [-0.15, -0.1) is 0 Å². The zero-order valence-electron chi connectivity index (χ0n) is 12.6. The maximum atomic E-state index is 10.4. The molecule has 2 aliphatic carbocycles. The topological polar surface area (TPSA) is 74.6 Å². The van der Waals surface area contributed by atoms with Crippen molar-refractivity contribution in [2.24, 2.45) is 0 Å². The number of hydrogen-bond acceptors (Lipinski definition) is 2. The minimum atomic E-state index is -0.734. The molecule has 0 amide bonds. The predicted molar refractivity (Wildman–Crippen MR) is 77.6 cm³/mol. The zero-order chi connectivity index (χ0) is 14.8. The van der Waals surface area contributed by atoms with Gasteiger partial charge in [0.25, 0.3) is 0 Å². The van der Waals surface area contributed by atoms with Crippen molar-refractivity contribution in [3.8, 4) is 0 Å². The van der Waals surface area contributed by atoms with Crippen molar-refractivity contribution in [3.63, 3.8) is 0 Å². The summed E-state index contributed by atoms with van der Waals surface area (Å²) in [6, 6.07) is 0. The van der Waals surface area contributed by atoms with E-state index in [2.05, 4.69) is 0 Å². The van der Waals surface area contributed by atoms with Crippen LogP contribution in [0.1, 0.15) is 64.2 Å². The van der Waals surface area contributed by atoms with Crippen molar-refractivity contribution < 1.29 is 39.3 Å². The molecule has 0 unspecified atom stereocenters. The molecule has 0 aromatic heterocycles. The van der Waals surface area contributed by atoms with Crippen LogP contribution in [-0.2, 0) is 29.1 Å². The molecule has 0 radical (unpaired) electrons. The second-order valence-corrected chi connectivity index (χ2v) is 5.27. The van der Waals surface area contributed by atoms with Gasteiger partial charge in [0, 0.05) is 30.6 Å². The molecular formula is C16H24O4Zn. The molecule has 0 aromatic carbocycles. The number of hydrogen-bond donors (Lipinski definition) is 2. The number of allylic oxidation sites excluding steroid dienone is 2. The van der Waals surface area contributed by atoms with E-state index in [-0.39, 0.29) is 19.5 Å². The average molecular weight is 346 g/mol.